The molecule has 2 aromatic heterocycles. The molecule has 0 unspecified atom stereocenters. The van der Waals surface area contributed by atoms with Gasteiger partial charge < -0.3 is 25.5 Å². The Hall–Kier alpha value is -3.19. The number of hydroxylamine groups is 1. The molecule has 4 N–H and O–H groups in total. The van der Waals surface area contributed by atoms with Crippen LogP contribution in [0.5, 0.6) is 0 Å². The van der Waals surface area contributed by atoms with E-state index in [1.165, 1.54) is 0 Å². The first-order chi connectivity index (χ1) is 16.2. The van der Waals surface area contributed by atoms with Gasteiger partial charge in [0, 0.05) is 37.1 Å². The van der Waals surface area contributed by atoms with Crippen molar-refractivity contribution in [3.63, 3.8) is 0 Å². The number of anilines is 1. The number of aromatic nitrogens is 2. The van der Waals surface area contributed by atoms with Crippen LogP contribution in [0.25, 0.3) is 16.9 Å². The molecule has 0 aliphatic heterocycles. The van der Waals surface area contributed by atoms with Gasteiger partial charge in [-0.05, 0) is 36.9 Å². The summed E-state index contributed by atoms with van der Waals surface area (Å²) in [6.07, 6.45) is -0.935. The summed E-state index contributed by atoms with van der Waals surface area (Å²) in [5.74, 6) is 0. The summed E-state index contributed by atoms with van der Waals surface area (Å²) >= 11 is 0. The summed E-state index contributed by atoms with van der Waals surface area (Å²) in [6.45, 7) is 0.934. The minimum atomic E-state index is -4.48. The van der Waals surface area contributed by atoms with Crippen molar-refractivity contribution in [3.05, 3.63) is 54.4 Å². The monoisotopic (exact) mass is 480 g/mol. The van der Waals surface area contributed by atoms with E-state index in [4.69, 9.17) is 9.94 Å². The summed E-state index contributed by atoms with van der Waals surface area (Å²) in [5, 5.41) is 13.1. The van der Waals surface area contributed by atoms with Gasteiger partial charge >= 0.3 is 12.2 Å². The van der Waals surface area contributed by atoms with Gasteiger partial charge in [0.25, 0.3) is 0 Å². The molecule has 2 amide bonds. The first kappa shape index (κ1) is 25.4. The largest absolute Gasteiger partial charge is 0.405 e. The Balaban J connectivity index is 1.59. The van der Waals surface area contributed by atoms with Crippen LogP contribution >= 0.6 is 0 Å². The molecular weight excluding hydrogens is 453 g/mol. The Kier molecular flexibility index (Phi) is 8.82. The number of halogens is 3. The minimum Gasteiger partial charge on any atom is -0.395 e. The highest BCUT2D eigenvalue weighted by molar-refractivity contribution is 5.90. The first-order valence-corrected chi connectivity index (χ1v) is 10.6. The van der Waals surface area contributed by atoms with Crippen LogP contribution in [0.4, 0.5) is 23.7 Å². The molecule has 3 rings (SSSR count). The van der Waals surface area contributed by atoms with Crippen LogP contribution in [0, 0.1) is 0 Å². The molecule has 0 radical (unpaired) electrons. The van der Waals surface area contributed by atoms with Gasteiger partial charge in [0.05, 0.1) is 25.1 Å². The maximum Gasteiger partial charge on any atom is 0.405 e. The predicted octanol–water partition coefficient (Wildman–Crippen LogP) is 2.63. The summed E-state index contributed by atoms with van der Waals surface area (Å²) < 4.78 is 38.7. The number of urea groups is 1. The van der Waals surface area contributed by atoms with Crippen molar-refractivity contribution in [2.75, 3.05) is 45.2 Å². The van der Waals surface area contributed by atoms with Crippen molar-refractivity contribution in [1.82, 2.24) is 25.1 Å². The fraction of sp³-hybridized carbons (Fsp3) is 0.364. The van der Waals surface area contributed by atoms with Crippen molar-refractivity contribution in [2.45, 2.75) is 12.7 Å². The second kappa shape index (κ2) is 11.8. The number of hydrogen-bond donors (Lipinski definition) is 4. The van der Waals surface area contributed by atoms with Crippen molar-refractivity contribution in [2.24, 2.45) is 0 Å². The molecule has 0 bridgehead atoms. The van der Waals surface area contributed by atoms with E-state index in [9.17, 15) is 18.0 Å². The molecule has 9 nitrogen and oxygen atoms in total. The lowest BCUT2D eigenvalue weighted by molar-refractivity contribution is -0.122. The normalized spacial score (nSPS) is 11.8. The number of likely N-dealkylation sites (N-methyl/N-ethyl adjacent to an activating group) is 1. The van der Waals surface area contributed by atoms with E-state index in [1.807, 2.05) is 40.7 Å². The van der Waals surface area contributed by atoms with Crippen molar-refractivity contribution < 1.29 is 27.9 Å². The molecule has 0 fully saturated rings. The van der Waals surface area contributed by atoms with Crippen LogP contribution < -0.4 is 16.1 Å². The average molecular weight is 480 g/mol. The quantitative estimate of drug-likeness (QED) is 0.249. The fourth-order valence-corrected chi connectivity index (χ4v) is 3.15. The van der Waals surface area contributed by atoms with Gasteiger partial charge in [-0.15, -0.1) is 0 Å². The van der Waals surface area contributed by atoms with E-state index in [-0.39, 0.29) is 6.61 Å². The number of aliphatic hydroxyl groups excluding tert-OH is 1. The van der Waals surface area contributed by atoms with E-state index >= 15 is 0 Å². The van der Waals surface area contributed by atoms with Crippen molar-refractivity contribution in [3.8, 4) is 11.3 Å². The van der Waals surface area contributed by atoms with Crippen molar-refractivity contribution in [1.29, 1.82) is 0 Å². The third-order valence-corrected chi connectivity index (χ3v) is 4.88. The minimum absolute atomic E-state index is 0.105. The maximum atomic E-state index is 12.3. The van der Waals surface area contributed by atoms with Crippen LogP contribution in [0.15, 0.2) is 48.8 Å². The highest BCUT2D eigenvalue weighted by atomic mass is 19.4. The third-order valence-electron chi connectivity index (χ3n) is 4.88. The van der Waals surface area contributed by atoms with E-state index in [0.717, 1.165) is 16.8 Å². The smallest absolute Gasteiger partial charge is 0.395 e. The highest BCUT2D eigenvalue weighted by Crippen LogP contribution is 2.24. The number of alkyl halides is 3. The van der Waals surface area contributed by atoms with Crippen LogP contribution in [0.2, 0.25) is 0 Å². The summed E-state index contributed by atoms with van der Waals surface area (Å²) in [4.78, 5) is 23.5. The lowest BCUT2D eigenvalue weighted by Crippen LogP contribution is -2.36. The first-order valence-electron chi connectivity index (χ1n) is 10.6. The number of pyridine rings is 1. The van der Waals surface area contributed by atoms with Crippen LogP contribution in [0.3, 0.4) is 0 Å². The van der Waals surface area contributed by atoms with Crippen molar-refractivity contribution >= 4 is 17.4 Å². The zero-order chi connectivity index (χ0) is 24.6. The van der Waals surface area contributed by atoms with Gasteiger partial charge in [-0.25, -0.2) is 9.78 Å². The summed E-state index contributed by atoms with van der Waals surface area (Å²) in [7, 11) is 1.90. The molecule has 12 heteroatoms. The molecule has 0 spiro atoms. The Morgan fingerprint density at radius 3 is 2.82 bits per heavy atom. The number of rotatable bonds is 11. The SMILES string of the molecule is CN(CCO)CCONCc1ccn2c(-c3cccc(NC(=O)NCC(F)(F)F)c3)cnc2c1. The Labute approximate surface area is 194 Å². The summed E-state index contributed by atoms with van der Waals surface area (Å²) in [6, 6.07) is 9.65. The molecule has 0 atom stereocenters. The second-order valence-corrected chi connectivity index (χ2v) is 7.61. The van der Waals surface area contributed by atoms with Crippen LogP contribution in [0.1, 0.15) is 5.56 Å². The fourth-order valence-electron chi connectivity index (χ4n) is 3.15. The zero-order valence-electron chi connectivity index (χ0n) is 18.6. The summed E-state index contributed by atoms with van der Waals surface area (Å²) in [5.41, 5.74) is 6.43. The number of fused-ring (bicyclic) bond motifs is 1. The number of nitrogens with one attached hydrogen (secondary N) is 3. The van der Waals surface area contributed by atoms with E-state index < -0.39 is 18.8 Å². The molecule has 3 aromatic rings. The molecular formula is C22H27F3N6O3. The van der Waals surface area contributed by atoms with Gasteiger partial charge in [0.15, 0.2) is 0 Å². The Morgan fingerprint density at radius 1 is 1.24 bits per heavy atom. The van der Waals surface area contributed by atoms with Gasteiger partial charge in [0.2, 0.25) is 0 Å². The van der Waals surface area contributed by atoms with Gasteiger partial charge in [-0.1, -0.05) is 12.1 Å². The highest BCUT2D eigenvalue weighted by Gasteiger charge is 2.27. The predicted molar refractivity (Wildman–Crippen MR) is 121 cm³/mol. The van der Waals surface area contributed by atoms with Crippen LogP contribution in [-0.4, -0.2) is 71.5 Å². The lowest BCUT2D eigenvalue weighted by atomic mass is 10.1. The average Bonchev–Trinajstić information content (AvgIpc) is 3.21. The zero-order valence-corrected chi connectivity index (χ0v) is 18.6. The van der Waals surface area contributed by atoms with E-state index in [0.29, 0.717) is 37.6 Å². The number of carbonyl (C=O) groups excluding carboxylic acids is 1. The molecule has 1 aromatic carbocycles. The van der Waals surface area contributed by atoms with Crippen LogP contribution in [-0.2, 0) is 11.4 Å². The molecule has 184 valence electrons. The number of imidazole rings is 1. The number of nitrogens with zero attached hydrogens (tertiary/aromatic N) is 3. The van der Waals surface area contributed by atoms with Gasteiger partial charge in [-0.2, -0.15) is 18.7 Å². The number of amides is 2. The molecule has 34 heavy (non-hydrogen) atoms. The molecule has 0 aliphatic carbocycles. The third kappa shape index (κ3) is 7.70. The lowest BCUT2D eigenvalue weighted by Gasteiger charge is -2.14. The Morgan fingerprint density at radius 2 is 2.06 bits per heavy atom. The number of hydrogen-bond acceptors (Lipinski definition) is 6. The molecule has 0 saturated heterocycles. The topological polar surface area (TPSA) is 103 Å². The molecule has 0 saturated carbocycles. The molecule has 0 aliphatic rings. The Bertz CT molecular complexity index is 1090. The van der Waals surface area contributed by atoms with Gasteiger partial charge in [0.1, 0.15) is 12.2 Å². The van der Waals surface area contributed by atoms with Gasteiger partial charge in [-0.3, -0.25) is 4.40 Å². The second-order valence-electron chi connectivity index (χ2n) is 7.61. The number of benzene rings is 1. The maximum absolute atomic E-state index is 12.3. The van der Waals surface area contributed by atoms with E-state index in [2.05, 4.69) is 15.8 Å². The standard InChI is InChI=1S/C22H27F3N6O3/c1-30(7-9-32)8-10-34-28-13-16-5-6-31-19(14-26-20(31)11-16)17-3-2-4-18(12-17)29-21(33)27-15-22(23,24)25/h2-6,11-12,14,28,32H,7-10,13,15H2,1H3,(H2,27,29,33). The van der Waals surface area contributed by atoms with E-state index in [1.54, 1.807) is 29.7 Å². The molecule has 2 heterocycles. The number of aliphatic hydroxyl groups is 1. The number of carbonyl (C=O) groups is 1.